The highest BCUT2D eigenvalue weighted by Gasteiger charge is 2.11. The SMILES string of the molecule is CC(C)OCCS(=O)(=O)Nc1cccc(-c2ccn[nH]2)c1. The summed E-state index contributed by atoms with van der Waals surface area (Å²) in [4.78, 5) is 0. The zero-order chi connectivity index (χ0) is 15.3. The number of sulfonamides is 1. The minimum atomic E-state index is -3.42. The normalized spacial score (nSPS) is 11.8. The van der Waals surface area contributed by atoms with Crippen LogP contribution in [0.15, 0.2) is 36.5 Å². The highest BCUT2D eigenvalue weighted by atomic mass is 32.2. The molecule has 21 heavy (non-hydrogen) atoms. The van der Waals surface area contributed by atoms with Gasteiger partial charge in [-0.3, -0.25) is 9.82 Å². The van der Waals surface area contributed by atoms with Crippen molar-refractivity contribution in [2.45, 2.75) is 20.0 Å². The molecule has 2 rings (SSSR count). The minimum Gasteiger partial charge on any atom is -0.378 e. The van der Waals surface area contributed by atoms with Crippen molar-refractivity contribution < 1.29 is 13.2 Å². The van der Waals surface area contributed by atoms with Gasteiger partial charge in [0.25, 0.3) is 0 Å². The largest absolute Gasteiger partial charge is 0.378 e. The zero-order valence-corrected chi connectivity index (χ0v) is 12.9. The van der Waals surface area contributed by atoms with Gasteiger partial charge in [-0.1, -0.05) is 12.1 Å². The number of rotatable bonds is 7. The third-order valence-corrected chi connectivity index (χ3v) is 4.00. The molecule has 1 aromatic heterocycles. The maximum Gasteiger partial charge on any atom is 0.235 e. The summed E-state index contributed by atoms with van der Waals surface area (Å²) in [6, 6.07) is 8.96. The van der Waals surface area contributed by atoms with E-state index in [9.17, 15) is 8.42 Å². The summed E-state index contributed by atoms with van der Waals surface area (Å²) in [6.07, 6.45) is 1.67. The molecule has 0 spiro atoms. The van der Waals surface area contributed by atoms with Gasteiger partial charge in [-0.05, 0) is 32.0 Å². The average molecular weight is 309 g/mol. The first-order valence-electron chi connectivity index (χ1n) is 6.68. The highest BCUT2D eigenvalue weighted by molar-refractivity contribution is 7.92. The van der Waals surface area contributed by atoms with E-state index in [0.717, 1.165) is 11.3 Å². The van der Waals surface area contributed by atoms with Crippen LogP contribution in [0.2, 0.25) is 0 Å². The predicted molar refractivity (Wildman–Crippen MR) is 82.5 cm³/mol. The topological polar surface area (TPSA) is 84.1 Å². The van der Waals surface area contributed by atoms with E-state index < -0.39 is 10.0 Å². The molecule has 0 unspecified atom stereocenters. The lowest BCUT2D eigenvalue weighted by molar-refractivity contribution is 0.0913. The van der Waals surface area contributed by atoms with Crippen LogP contribution in [-0.4, -0.2) is 37.1 Å². The van der Waals surface area contributed by atoms with Gasteiger partial charge >= 0.3 is 0 Å². The van der Waals surface area contributed by atoms with E-state index in [1.807, 2.05) is 26.0 Å². The van der Waals surface area contributed by atoms with E-state index in [-0.39, 0.29) is 18.5 Å². The van der Waals surface area contributed by atoms with E-state index >= 15 is 0 Å². The second-order valence-corrected chi connectivity index (χ2v) is 6.73. The van der Waals surface area contributed by atoms with Crippen LogP contribution in [0.3, 0.4) is 0 Å². The molecule has 6 nitrogen and oxygen atoms in total. The van der Waals surface area contributed by atoms with Crippen LogP contribution < -0.4 is 4.72 Å². The molecule has 2 aromatic rings. The molecule has 1 heterocycles. The minimum absolute atomic E-state index is 0.0175. The van der Waals surface area contributed by atoms with Crippen molar-refractivity contribution in [1.29, 1.82) is 0 Å². The van der Waals surface area contributed by atoms with Crippen molar-refractivity contribution in [3.63, 3.8) is 0 Å². The summed E-state index contributed by atoms with van der Waals surface area (Å²) in [5.41, 5.74) is 2.22. The lowest BCUT2D eigenvalue weighted by atomic mass is 10.1. The van der Waals surface area contributed by atoms with Crippen molar-refractivity contribution in [1.82, 2.24) is 10.2 Å². The van der Waals surface area contributed by atoms with Gasteiger partial charge in [-0.2, -0.15) is 5.10 Å². The number of benzene rings is 1. The number of anilines is 1. The van der Waals surface area contributed by atoms with Crippen molar-refractivity contribution in [3.05, 3.63) is 36.5 Å². The molecule has 0 amide bonds. The lowest BCUT2D eigenvalue weighted by Crippen LogP contribution is -2.21. The van der Waals surface area contributed by atoms with Gasteiger partial charge in [0.05, 0.1) is 24.2 Å². The Morgan fingerprint density at radius 2 is 2.14 bits per heavy atom. The third-order valence-electron chi connectivity index (χ3n) is 2.75. The van der Waals surface area contributed by atoms with Crippen LogP contribution in [0.4, 0.5) is 5.69 Å². The van der Waals surface area contributed by atoms with Crippen LogP contribution in [0.25, 0.3) is 11.3 Å². The Morgan fingerprint density at radius 1 is 1.33 bits per heavy atom. The van der Waals surface area contributed by atoms with E-state index in [0.29, 0.717) is 5.69 Å². The molecule has 0 saturated carbocycles. The van der Waals surface area contributed by atoms with Gasteiger partial charge in [0.15, 0.2) is 0 Å². The molecule has 1 aromatic carbocycles. The van der Waals surface area contributed by atoms with Crippen molar-refractivity contribution >= 4 is 15.7 Å². The van der Waals surface area contributed by atoms with E-state index in [1.165, 1.54) is 0 Å². The van der Waals surface area contributed by atoms with Gasteiger partial charge in [0.2, 0.25) is 10.0 Å². The number of ether oxygens (including phenoxy) is 1. The van der Waals surface area contributed by atoms with Gasteiger partial charge < -0.3 is 4.74 Å². The zero-order valence-electron chi connectivity index (χ0n) is 12.0. The quantitative estimate of drug-likeness (QED) is 0.821. The standard InChI is InChI=1S/C14H19N3O3S/c1-11(2)20-8-9-21(18,19)17-13-5-3-4-12(10-13)14-6-7-15-16-14/h3-7,10-11,17H,8-9H2,1-2H3,(H,15,16). The first-order valence-corrected chi connectivity index (χ1v) is 8.33. The summed E-state index contributed by atoms with van der Waals surface area (Å²) >= 11 is 0. The molecule has 0 bridgehead atoms. The summed E-state index contributed by atoms with van der Waals surface area (Å²) < 4.78 is 31.8. The summed E-state index contributed by atoms with van der Waals surface area (Å²) in [5.74, 6) is -0.0700. The molecule has 0 aliphatic carbocycles. The van der Waals surface area contributed by atoms with Gasteiger partial charge in [0, 0.05) is 17.4 Å². The fraction of sp³-hybridized carbons (Fsp3) is 0.357. The Morgan fingerprint density at radius 3 is 2.81 bits per heavy atom. The maximum absolute atomic E-state index is 12.0. The molecule has 0 fully saturated rings. The molecular weight excluding hydrogens is 290 g/mol. The van der Waals surface area contributed by atoms with Crippen LogP contribution in [-0.2, 0) is 14.8 Å². The van der Waals surface area contributed by atoms with Gasteiger partial charge in [-0.15, -0.1) is 0 Å². The van der Waals surface area contributed by atoms with Crippen molar-refractivity contribution in [2.24, 2.45) is 0 Å². The Bertz CT molecular complexity index is 667. The molecule has 0 aliphatic heterocycles. The van der Waals surface area contributed by atoms with E-state index in [4.69, 9.17) is 4.74 Å². The number of nitrogens with zero attached hydrogens (tertiary/aromatic N) is 1. The number of hydrogen-bond acceptors (Lipinski definition) is 4. The second-order valence-electron chi connectivity index (χ2n) is 4.89. The van der Waals surface area contributed by atoms with E-state index in [1.54, 1.807) is 24.4 Å². The first kappa shape index (κ1) is 15.5. The van der Waals surface area contributed by atoms with Crippen LogP contribution in [0.5, 0.6) is 0 Å². The van der Waals surface area contributed by atoms with Crippen LogP contribution in [0, 0.1) is 0 Å². The number of aromatic amines is 1. The highest BCUT2D eigenvalue weighted by Crippen LogP contribution is 2.21. The maximum atomic E-state index is 12.0. The molecule has 7 heteroatoms. The van der Waals surface area contributed by atoms with Crippen molar-refractivity contribution in [3.8, 4) is 11.3 Å². The fourth-order valence-electron chi connectivity index (χ4n) is 1.79. The molecule has 2 N–H and O–H groups in total. The average Bonchev–Trinajstić information content (AvgIpc) is 2.91. The number of hydrogen-bond donors (Lipinski definition) is 2. The molecule has 0 aliphatic rings. The van der Waals surface area contributed by atoms with Crippen LogP contribution in [0.1, 0.15) is 13.8 Å². The van der Waals surface area contributed by atoms with Gasteiger partial charge in [0.1, 0.15) is 0 Å². The Kier molecular flexibility index (Phi) is 4.98. The molecule has 0 saturated heterocycles. The summed E-state index contributed by atoms with van der Waals surface area (Å²) in [7, 11) is -3.42. The third kappa shape index (κ3) is 4.87. The van der Waals surface area contributed by atoms with Gasteiger partial charge in [-0.25, -0.2) is 8.42 Å². The first-order chi connectivity index (χ1) is 9.96. The molecular formula is C14H19N3O3S. The molecule has 114 valence electrons. The smallest absolute Gasteiger partial charge is 0.235 e. The predicted octanol–water partition coefficient (Wildman–Crippen LogP) is 2.24. The van der Waals surface area contributed by atoms with E-state index in [2.05, 4.69) is 14.9 Å². The van der Waals surface area contributed by atoms with Crippen LogP contribution >= 0.6 is 0 Å². The fourth-order valence-corrected chi connectivity index (χ4v) is 2.69. The monoisotopic (exact) mass is 309 g/mol. The lowest BCUT2D eigenvalue weighted by Gasteiger charge is -2.10. The number of nitrogens with one attached hydrogen (secondary N) is 2. The Balaban J connectivity index is 2.04. The Hall–Kier alpha value is -1.86. The number of aromatic nitrogens is 2. The van der Waals surface area contributed by atoms with Crippen molar-refractivity contribution in [2.75, 3.05) is 17.1 Å². The summed E-state index contributed by atoms with van der Waals surface area (Å²) in [6.45, 7) is 3.91. The molecule has 0 atom stereocenters. The number of H-pyrrole nitrogens is 1. The summed E-state index contributed by atoms with van der Waals surface area (Å²) in [5, 5.41) is 6.72. The second kappa shape index (κ2) is 6.73. The Labute approximate surface area is 124 Å². The molecule has 0 radical (unpaired) electrons.